The number of hydrogen-bond acceptors (Lipinski definition) is 9. The predicted molar refractivity (Wildman–Crippen MR) is 140 cm³/mol. The van der Waals surface area contributed by atoms with Gasteiger partial charge in [-0.2, -0.15) is 0 Å². The van der Waals surface area contributed by atoms with E-state index in [0.29, 0.717) is 49.6 Å². The van der Waals surface area contributed by atoms with Crippen LogP contribution in [0.5, 0.6) is 5.75 Å². The summed E-state index contributed by atoms with van der Waals surface area (Å²) in [6.07, 6.45) is 2.87. The zero-order valence-electron chi connectivity index (χ0n) is 21.8. The molecule has 2 fully saturated rings. The molecule has 202 valence electrons. The Labute approximate surface area is 218 Å². The lowest BCUT2D eigenvalue weighted by atomic mass is 10.1. The third-order valence-corrected chi connectivity index (χ3v) is 6.77. The number of aliphatic hydroxyl groups excluding tert-OH is 1. The fourth-order valence-corrected chi connectivity index (χ4v) is 4.54. The summed E-state index contributed by atoms with van der Waals surface area (Å²) in [5.41, 5.74) is 2.70. The second-order valence-electron chi connectivity index (χ2n) is 9.65. The molecule has 1 aromatic carbocycles. The average molecular weight is 514 g/mol. The van der Waals surface area contributed by atoms with Crippen LogP contribution in [0, 0.1) is 6.92 Å². The quantitative estimate of drug-likeness (QED) is 0.354. The normalized spacial score (nSPS) is 17.9. The van der Waals surface area contributed by atoms with Crippen molar-refractivity contribution in [2.24, 2.45) is 0 Å². The fraction of sp³-hybridized carbons (Fsp3) is 0.593. The number of rotatable bonds is 11. The predicted octanol–water partition coefficient (Wildman–Crippen LogP) is 1.59. The third-order valence-electron chi connectivity index (χ3n) is 6.77. The van der Waals surface area contributed by atoms with Crippen LogP contribution in [0.4, 0.5) is 0 Å². The molecule has 0 saturated carbocycles. The first-order valence-corrected chi connectivity index (χ1v) is 13.2. The molecule has 2 aromatic rings. The minimum Gasteiger partial charge on any atom is -0.491 e. The first kappa shape index (κ1) is 27.4. The van der Waals surface area contributed by atoms with Crippen LogP contribution in [0.1, 0.15) is 47.4 Å². The Kier molecular flexibility index (Phi) is 10.2. The minimum atomic E-state index is -0.618. The summed E-state index contributed by atoms with van der Waals surface area (Å²) in [6, 6.07) is 7.86. The van der Waals surface area contributed by atoms with Crippen molar-refractivity contribution in [2.45, 2.75) is 57.3 Å². The van der Waals surface area contributed by atoms with Gasteiger partial charge >= 0.3 is 0 Å². The van der Waals surface area contributed by atoms with Gasteiger partial charge in [-0.05, 0) is 51.8 Å². The van der Waals surface area contributed by atoms with Crippen molar-refractivity contribution in [1.82, 2.24) is 25.9 Å². The summed E-state index contributed by atoms with van der Waals surface area (Å²) in [5.74, 6) is 0.877. The molecule has 1 atom stereocenters. The van der Waals surface area contributed by atoms with Crippen LogP contribution >= 0.6 is 0 Å². The lowest BCUT2D eigenvalue weighted by molar-refractivity contribution is 0.0693. The molecule has 3 heterocycles. The molecule has 0 aliphatic carbocycles. The number of nitrogens with one attached hydrogen (secondary N) is 3. The molecule has 10 heteroatoms. The van der Waals surface area contributed by atoms with Gasteiger partial charge in [0.05, 0.1) is 5.69 Å². The van der Waals surface area contributed by atoms with Gasteiger partial charge in [0.15, 0.2) is 5.82 Å². The zero-order chi connectivity index (χ0) is 26.0. The summed E-state index contributed by atoms with van der Waals surface area (Å²) >= 11 is 0. The molecule has 4 N–H and O–H groups in total. The lowest BCUT2D eigenvalue weighted by Crippen LogP contribution is -2.40. The first-order valence-electron chi connectivity index (χ1n) is 13.2. The Morgan fingerprint density at radius 3 is 2.51 bits per heavy atom. The SMILES string of the molecule is CNCC(O)COc1cccc(-c2nc(CNC3CCOCC3)c(C)c(C(=O)NC3CCOCC3)n2)c1. The van der Waals surface area contributed by atoms with Crippen molar-refractivity contribution in [3.8, 4) is 17.1 Å². The van der Waals surface area contributed by atoms with E-state index in [2.05, 4.69) is 16.0 Å². The molecule has 0 spiro atoms. The standard InChI is InChI=1S/C27H39N5O5/c1-18-24(16-29-20-6-10-35-11-7-20)31-26(32-25(18)27(34)30-21-8-12-36-13-9-21)19-4-3-5-23(14-19)37-17-22(33)15-28-2/h3-5,14,20-22,28-29,33H,6-13,15-17H2,1-2H3,(H,30,34). The summed E-state index contributed by atoms with van der Waals surface area (Å²) < 4.78 is 16.7. The maximum absolute atomic E-state index is 13.3. The molecule has 37 heavy (non-hydrogen) atoms. The molecular weight excluding hydrogens is 474 g/mol. The van der Waals surface area contributed by atoms with Gasteiger partial charge in [-0.25, -0.2) is 9.97 Å². The van der Waals surface area contributed by atoms with E-state index in [-0.39, 0.29) is 18.6 Å². The van der Waals surface area contributed by atoms with Crippen LogP contribution in [-0.4, -0.2) is 85.8 Å². The molecule has 10 nitrogen and oxygen atoms in total. The van der Waals surface area contributed by atoms with Crippen molar-refractivity contribution in [1.29, 1.82) is 0 Å². The van der Waals surface area contributed by atoms with E-state index in [1.807, 2.05) is 31.2 Å². The Bertz CT molecular complexity index is 1020. The number of hydrogen-bond donors (Lipinski definition) is 4. The molecule has 0 radical (unpaired) electrons. The van der Waals surface area contributed by atoms with Gasteiger partial charge < -0.3 is 35.3 Å². The molecule has 4 rings (SSSR count). The maximum Gasteiger partial charge on any atom is 0.270 e. The van der Waals surface area contributed by atoms with E-state index < -0.39 is 6.10 Å². The van der Waals surface area contributed by atoms with E-state index in [1.165, 1.54) is 0 Å². The van der Waals surface area contributed by atoms with Gasteiger partial charge in [0.2, 0.25) is 0 Å². The summed E-state index contributed by atoms with van der Waals surface area (Å²) in [7, 11) is 1.78. The first-order chi connectivity index (χ1) is 18.0. The van der Waals surface area contributed by atoms with Crippen LogP contribution in [0.3, 0.4) is 0 Å². The second kappa shape index (κ2) is 13.8. The maximum atomic E-state index is 13.3. The fourth-order valence-electron chi connectivity index (χ4n) is 4.54. The van der Waals surface area contributed by atoms with E-state index in [9.17, 15) is 9.90 Å². The van der Waals surface area contributed by atoms with Gasteiger partial charge in [0.25, 0.3) is 5.91 Å². The van der Waals surface area contributed by atoms with Crippen molar-refractivity contribution in [2.75, 3.05) is 46.6 Å². The highest BCUT2D eigenvalue weighted by Gasteiger charge is 2.23. The number of likely N-dealkylation sites (N-methyl/N-ethyl adjacent to an activating group) is 1. The number of carbonyl (C=O) groups is 1. The van der Waals surface area contributed by atoms with Gasteiger partial charge in [-0.1, -0.05) is 12.1 Å². The highest BCUT2D eigenvalue weighted by Crippen LogP contribution is 2.24. The third kappa shape index (κ3) is 7.93. The van der Waals surface area contributed by atoms with E-state index in [1.54, 1.807) is 7.05 Å². The smallest absolute Gasteiger partial charge is 0.270 e. The number of aliphatic hydroxyl groups is 1. The summed E-state index contributed by atoms with van der Waals surface area (Å²) in [6.45, 7) is 5.85. The number of aromatic nitrogens is 2. The minimum absolute atomic E-state index is 0.0728. The van der Waals surface area contributed by atoms with Crippen molar-refractivity contribution in [3.63, 3.8) is 0 Å². The molecule has 2 aliphatic heterocycles. The van der Waals surface area contributed by atoms with E-state index in [4.69, 9.17) is 24.2 Å². The topological polar surface area (TPSA) is 127 Å². The van der Waals surface area contributed by atoms with Crippen LogP contribution in [0.2, 0.25) is 0 Å². The molecule has 1 amide bonds. The Morgan fingerprint density at radius 1 is 1.11 bits per heavy atom. The Balaban J connectivity index is 1.58. The molecule has 1 unspecified atom stereocenters. The Morgan fingerprint density at radius 2 is 1.81 bits per heavy atom. The van der Waals surface area contributed by atoms with E-state index in [0.717, 1.165) is 55.7 Å². The number of nitrogens with zero attached hydrogens (tertiary/aromatic N) is 2. The molecule has 2 aliphatic rings. The van der Waals surface area contributed by atoms with Crippen LogP contribution in [0.15, 0.2) is 24.3 Å². The van der Waals surface area contributed by atoms with Crippen molar-refractivity contribution >= 4 is 5.91 Å². The van der Waals surface area contributed by atoms with Crippen molar-refractivity contribution < 1.29 is 24.1 Å². The van der Waals surface area contributed by atoms with Crippen LogP contribution < -0.4 is 20.7 Å². The monoisotopic (exact) mass is 513 g/mol. The largest absolute Gasteiger partial charge is 0.491 e. The lowest BCUT2D eigenvalue weighted by Gasteiger charge is -2.24. The summed E-state index contributed by atoms with van der Waals surface area (Å²) in [4.78, 5) is 22.9. The molecule has 2 saturated heterocycles. The molecule has 1 aromatic heterocycles. The van der Waals surface area contributed by atoms with Gasteiger partial charge in [-0.3, -0.25) is 4.79 Å². The zero-order valence-corrected chi connectivity index (χ0v) is 21.8. The van der Waals surface area contributed by atoms with Gasteiger partial charge in [0, 0.05) is 62.7 Å². The number of carbonyl (C=O) groups excluding carboxylic acids is 1. The van der Waals surface area contributed by atoms with Crippen LogP contribution in [-0.2, 0) is 16.0 Å². The molecule has 0 bridgehead atoms. The summed E-state index contributed by atoms with van der Waals surface area (Å²) in [5, 5.41) is 19.6. The number of amides is 1. The Hall–Kier alpha value is -2.63. The second-order valence-corrected chi connectivity index (χ2v) is 9.65. The van der Waals surface area contributed by atoms with Gasteiger partial charge in [0.1, 0.15) is 24.2 Å². The van der Waals surface area contributed by atoms with Crippen molar-refractivity contribution in [3.05, 3.63) is 41.2 Å². The number of ether oxygens (including phenoxy) is 3. The van der Waals surface area contributed by atoms with Gasteiger partial charge in [-0.15, -0.1) is 0 Å². The molecular formula is C27H39N5O5. The highest BCUT2D eigenvalue weighted by atomic mass is 16.5. The number of benzene rings is 1. The van der Waals surface area contributed by atoms with Crippen LogP contribution in [0.25, 0.3) is 11.4 Å². The highest BCUT2D eigenvalue weighted by molar-refractivity contribution is 5.94. The average Bonchev–Trinajstić information content (AvgIpc) is 2.93. The van der Waals surface area contributed by atoms with E-state index >= 15 is 0 Å².